The molecule has 0 radical (unpaired) electrons. The van der Waals surface area contributed by atoms with Gasteiger partial charge in [0.05, 0.1) is 7.11 Å². The summed E-state index contributed by atoms with van der Waals surface area (Å²) in [7, 11) is 2.74. The first-order valence-electron chi connectivity index (χ1n) is 4.56. The molecule has 1 N–H and O–H groups in total. The lowest BCUT2D eigenvalue weighted by Crippen LogP contribution is -2.26. The van der Waals surface area contributed by atoms with Crippen molar-refractivity contribution >= 4 is 5.97 Å². The molecule has 0 aromatic heterocycles. The van der Waals surface area contributed by atoms with E-state index in [1.807, 2.05) is 0 Å². The summed E-state index contributed by atoms with van der Waals surface area (Å²) in [6.45, 7) is 0. The lowest BCUT2D eigenvalue weighted by Gasteiger charge is -2.13. The molecule has 0 amide bonds. The molecule has 0 fully saturated rings. The van der Waals surface area contributed by atoms with Crippen molar-refractivity contribution in [2.45, 2.75) is 12.5 Å². The second-order valence-corrected chi connectivity index (χ2v) is 3.08. The molecule has 1 rings (SSSR count). The minimum atomic E-state index is -0.678. The van der Waals surface area contributed by atoms with Crippen molar-refractivity contribution < 1.29 is 19.4 Å². The Hall–Kier alpha value is -1.55. The number of methoxy groups -OCH3 is 2. The second-order valence-electron chi connectivity index (χ2n) is 3.08. The lowest BCUT2D eigenvalue weighted by molar-refractivity contribution is -0.152. The lowest BCUT2D eigenvalue weighted by atomic mass is 10.1. The minimum absolute atomic E-state index is 0.156. The number of rotatable bonds is 4. The molecule has 82 valence electrons. The summed E-state index contributed by atoms with van der Waals surface area (Å²) in [5, 5.41) is 9.50. The maximum atomic E-state index is 11.2. The smallest absolute Gasteiger partial charge is 0.335 e. The van der Waals surface area contributed by atoms with Gasteiger partial charge in [-0.05, 0) is 11.6 Å². The highest BCUT2D eigenvalue weighted by atomic mass is 16.6. The number of ether oxygens (including phenoxy) is 2. The average molecular weight is 210 g/mol. The molecule has 0 aliphatic rings. The SMILES string of the molecule is COC(=O)C(Cc1ccccc1O)OC. The van der Waals surface area contributed by atoms with Gasteiger partial charge in [0, 0.05) is 13.5 Å². The monoisotopic (exact) mass is 210 g/mol. The van der Waals surface area contributed by atoms with Crippen LogP contribution in [-0.4, -0.2) is 31.4 Å². The van der Waals surface area contributed by atoms with Gasteiger partial charge in [0.25, 0.3) is 0 Å². The van der Waals surface area contributed by atoms with Gasteiger partial charge in [-0.2, -0.15) is 0 Å². The molecule has 1 atom stereocenters. The zero-order valence-corrected chi connectivity index (χ0v) is 8.77. The van der Waals surface area contributed by atoms with E-state index in [1.54, 1.807) is 24.3 Å². The summed E-state index contributed by atoms with van der Waals surface area (Å²) in [6.07, 6.45) is -0.376. The van der Waals surface area contributed by atoms with E-state index in [1.165, 1.54) is 14.2 Å². The van der Waals surface area contributed by atoms with Crippen LogP contribution >= 0.6 is 0 Å². The average Bonchev–Trinajstić information content (AvgIpc) is 2.27. The molecule has 1 aromatic rings. The van der Waals surface area contributed by atoms with E-state index in [4.69, 9.17) is 4.74 Å². The van der Waals surface area contributed by atoms with E-state index in [2.05, 4.69) is 4.74 Å². The van der Waals surface area contributed by atoms with Gasteiger partial charge >= 0.3 is 5.97 Å². The summed E-state index contributed by atoms with van der Waals surface area (Å²) in [6, 6.07) is 6.82. The number of aromatic hydroxyl groups is 1. The van der Waals surface area contributed by atoms with Crippen LogP contribution in [0.15, 0.2) is 24.3 Å². The van der Waals surface area contributed by atoms with Crippen LogP contribution in [-0.2, 0) is 20.7 Å². The molecule has 0 heterocycles. The second kappa shape index (κ2) is 5.36. The largest absolute Gasteiger partial charge is 0.508 e. The van der Waals surface area contributed by atoms with Crippen molar-refractivity contribution in [2.24, 2.45) is 0 Å². The van der Waals surface area contributed by atoms with E-state index in [0.29, 0.717) is 12.0 Å². The third-order valence-electron chi connectivity index (χ3n) is 2.15. The Labute approximate surface area is 88.4 Å². The van der Waals surface area contributed by atoms with Crippen LogP contribution in [0.5, 0.6) is 5.75 Å². The Morgan fingerprint density at radius 1 is 1.40 bits per heavy atom. The van der Waals surface area contributed by atoms with Gasteiger partial charge < -0.3 is 14.6 Å². The summed E-state index contributed by atoms with van der Waals surface area (Å²) in [5.74, 6) is -0.288. The molecule has 0 aliphatic carbocycles. The van der Waals surface area contributed by atoms with Crippen molar-refractivity contribution in [3.8, 4) is 5.75 Å². The maximum Gasteiger partial charge on any atom is 0.335 e. The van der Waals surface area contributed by atoms with Crippen LogP contribution in [0.25, 0.3) is 0 Å². The van der Waals surface area contributed by atoms with Gasteiger partial charge in [-0.15, -0.1) is 0 Å². The summed E-state index contributed by atoms with van der Waals surface area (Å²) >= 11 is 0. The van der Waals surface area contributed by atoms with Crippen LogP contribution in [0.3, 0.4) is 0 Å². The Kier molecular flexibility index (Phi) is 4.12. The Morgan fingerprint density at radius 3 is 2.60 bits per heavy atom. The number of carbonyl (C=O) groups excluding carboxylic acids is 1. The zero-order chi connectivity index (χ0) is 11.3. The topological polar surface area (TPSA) is 55.8 Å². The zero-order valence-electron chi connectivity index (χ0n) is 8.77. The van der Waals surface area contributed by atoms with Gasteiger partial charge in [0.2, 0.25) is 0 Å². The third kappa shape index (κ3) is 2.95. The summed E-state index contributed by atoms with van der Waals surface area (Å²) in [5.41, 5.74) is 0.662. The highest BCUT2D eigenvalue weighted by Gasteiger charge is 2.19. The number of phenolic OH excluding ortho intramolecular Hbond substituents is 1. The molecule has 15 heavy (non-hydrogen) atoms. The van der Waals surface area contributed by atoms with E-state index in [-0.39, 0.29) is 5.75 Å². The molecule has 0 spiro atoms. The van der Waals surface area contributed by atoms with Gasteiger partial charge in [-0.3, -0.25) is 0 Å². The van der Waals surface area contributed by atoms with Gasteiger partial charge in [0.15, 0.2) is 6.10 Å². The first-order chi connectivity index (χ1) is 7.19. The number of carbonyl (C=O) groups is 1. The molecular formula is C11H14O4. The molecule has 1 unspecified atom stereocenters. The Bertz CT molecular complexity index is 335. The van der Waals surface area contributed by atoms with Gasteiger partial charge in [-0.1, -0.05) is 18.2 Å². The van der Waals surface area contributed by atoms with Crippen LogP contribution < -0.4 is 0 Å². The van der Waals surface area contributed by atoms with Gasteiger partial charge in [0.1, 0.15) is 5.75 Å². The van der Waals surface area contributed by atoms with Crippen LogP contribution in [0.1, 0.15) is 5.56 Å². The quantitative estimate of drug-likeness (QED) is 0.757. The van der Waals surface area contributed by atoms with Crippen molar-refractivity contribution in [3.05, 3.63) is 29.8 Å². The predicted molar refractivity (Wildman–Crippen MR) is 54.6 cm³/mol. The van der Waals surface area contributed by atoms with Crippen molar-refractivity contribution in [1.29, 1.82) is 0 Å². The van der Waals surface area contributed by atoms with E-state index in [0.717, 1.165) is 0 Å². The highest BCUT2D eigenvalue weighted by molar-refractivity contribution is 5.75. The standard InChI is InChI=1S/C11H14O4/c1-14-10(11(13)15-2)7-8-5-3-4-6-9(8)12/h3-6,10,12H,7H2,1-2H3. The first kappa shape index (κ1) is 11.5. The summed E-state index contributed by atoms with van der Waals surface area (Å²) in [4.78, 5) is 11.2. The third-order valence-corrected chi connectivity index (χ3v) is 2.15. The van der Waals surface area contributed by atoms with E-state index >= 15 is 0 Å². The fourth-order valence-corrected chi connectivity index (χ4v) is 1.28. The molecule has 1 aromatic carbocycles. The number of para-hydroxylation sites is 1. The number of esters is 1. The molecular weight excluding hydrogens is 196 g/mol. The number of phenols is 1. The first-order valence-corrected chi connectivity index (χ1v) is 4.56. The maximum absolute atomic E-state index is 11.2. The molecule has 0 bridgehead atoms. The van der Waals surface area contributed by atoms with Gasteiger partial charge in [-0.25, -0.2) is 4.79 Å². The predicted octanol–water partition coefficient (Wildman–Crippen LogP) is 1.12. The molecule has 0 aliphatic heterocycles. The van der Waals surface area contributed by atoms with Crippen molar-refractivity contribution in [3.63, 3.8) is 0 Å². The number of hydrogen-bond donors (Lipinski definition) is 1. The molecule has 0 saturated heterocycles. The minimum Gasteiger partial charge on any atom is -0.508 e. The molecule has 4 heteroatoms. The number of benzene rings is 1. The van der Waals surface area contributed by atoms with Crippen LogP contribution in [0.4, 0.5) is 0 Å². The molecule has 0 saturated carbocycles. The van der Waals surface area contributed by atoms with E-state index < -0.39 is 12.1 Å². The highest BCUT2D eigenvalue weighted by Crippen LogP contribution is 2.18. The Balaban J connectivity index is 2.75. The molecule has 4 nitrogen and oxygen atoms in total. The normalized spacial score (nSPS) is 12.1. The Morgan fingerprint density at radius 2 is 2.07 bits per heavy atom. The van der Waals surface area contributed by atoms with Crippen LogP contribution in [0.2, 0.25) is 0 Å². The fraction of sp³-hybridized carbons (Fsp3) is 0.364. The fourth-order valence-electron chi connectivity index (χ4n) is 1.28. The summed E-state index contributed by atoms with van der Waals surface area (Å²) < 4.78 is 9.55. The van der Waals surface area contributed by atoms with Crippen molar-refractivity contribution in [1.82, 2.24) is 0 Å². The number of hydrogen-bond acceptors (Lipinski definition) is 4. The van der Waals surface area contributed by atoms with Crippen molar-refractivity contribution in [2.75, 3.05) is 14.2 Å². The van der Waals surface area contributed by atoms with Crippen LogP contribution in [0, 0.1) is 0 Å². The van der Waals surface area contributed by atoms with E-state index in [9.17, 15) is 9.90 Å².